The van der Waals surface area contributed by atoms with E-state index in [9.17, 15) is 13.2 Å². The van der Waals surface area contributed by atoms with E-state index in [1.54, 1.807) is 0 Å². The molecule has 2 rings (SSSR count). The number of hydrogen-bond acceptors (Lipinski definition) is 3. The molecule has 1 aliphatic heterocycles. The monoisotopic (exact) mass is 352 g/mol. The molecule has 0 aliphatic carbocycles. The first-order valence-electron chi connectivity index (χ1n) is 8.54. The maximum absolute atomic E-state index is 12.6. The van der Waals surface area contributed by atoms with Crippen molar-refractivity contribution in [3.05, 3.63) is 35.4 Å². The molecule has 134 valence electrons. The third kappa shape index (κ3) is 5.60. The smallest absolute Gasteiger partial charge is 0.223 e. The summed E-state index contributed by atoms with van der Waals surface area (Å²) in [6.07, 6.45) is 3.56. The highest BCUT2D eigenvalue weighted by Crippen LogP contribution is 2.25. The van der Waals surface area contributed by atoms with Gasteiger partial charge < -0.3 is 4.90 Å². The summed E-state index contributed by atoms with van der Waals surface area (Å²) in [5.41, 5.74) is 2.44. The molecule has 1 heterocycles. The van der Waals surface area contributed by atoms with Crippen molar-refractivity contribution in [2.24, 2.45) is 5.92 Å². The molecule has 0 spiro atoms. The van der Waals surface area contributed by atoms with Crippen molar-refractivity contribution in [2.45, 2.75) is 39.0 Å². The average molecular weight is 352 g/mol. The van der Waals surface area contributed by atoms with Crippen LogP contribution in [0.1, 0.15) is 43.2 Å². The lowest BCUT2D eigenvalue weighted by atomic mass is 9.92. The fourth-order valence-electron chi connectivity index (χ4n) is 3.37. The average Bonchev–Trinajstić information content (AvgIpc) is 2.53. The van der Waals surface area contributed by atoms with Crippen molar-refractivity contribution >= 4 is 15.9 Å². The summed E-state index contributed by atoms with van der Waals surface area (Å²) < 4.78 is 25.0. The number of rotatable bonds is 6. The van der Waals surface area contributed by atoms with Gasteiger partial charge in [-0.25, -0.2) is 13.1 Å². The van der Waals surface area contributed by atoms with E-state index < -0.39 is 10.0 Å². The van der Waals surface area contributed by atoms with Gasteiger partial charge in [0.05, 0.1) is 6.26 Å². The predicted molar refractivity (Wildman–Crippen MR) is 96.4 cm³/mol. The fourth-order valence-corrected chi connectivity index (χ4v) is 3.91. The lowest BCUT2D eigenvalue weighted by Gasteiger charge is -2.33. The van der Waals surface area contributed by atoms with Crippen LogP contribution in [-0.2, 0) is 14.8 Å². The van der Waals surface area contributed by atoms with Crippen LogP contribution in [0.2, 0.25) is 0 Å². The first kappa shape index (κ1) is 18.9. The standard InChI is InChI=1S/C18H28N2O3S/c1-14-7-4-5-9-17(14)15(2)11-18(21)20-10-6-8-16(13-20)12-19-24(3,22)23/h4-5,7,9,15-16,19H,6,8,10-13H2,1-3H3. The van der Waals surface area contributed by atoms with Crippen molar-refractivity contribution < 1.29 is 13.2 Å². The summed E-state index contributed by atoms with van der Waals surface area (Å²) in [5, 5.41) is 0. The minimum Gasteiger partial charge on any atom is -0.342 e. The molecule has 1 aliphatic rings. The first-order chi connectivity index (χ1) is 11.3. The van der Waals surface area contributed by atoms with Gasteiger partial charge in [0.15, 0.2) is 0 Å². The van der Waals surface area contributed by atoms with Gasteiger partial charge in [-0.2, -0.15) is 0 Å². The van der Waals surface area contributed by atoms with Crippen molar-refractivity contribution in [3.63, 3.8) is 0 Å². The Morgan fingerprint density at radius 1 is 1.38 bits per heavy atom. The number of carbonyl (C=O) groups excluding carboxylic acids is 1. The number of likely N-dealkylation sites (tertiary alicyclic amines) is 1. The first-order valence-corrected chi connectivity index (χ1v) is 10.4. The van der Waals surface area contributed by atoms with E-state index >= 15 is 0 Å². The van der Waals surface area contributed by atoms with E-state index in [1.165, 1.54) is 17.4 Å². The Morgan fingerprint density at radius 3 is 2.75 bits per heavy atom. The molecular formula is C18H28N2O3S. The molecule has 0 aromatic heterocycles. The number of sulfonamides is 1. The van der Waals surface area contributed by atoms with Crippen LogP contribution in [0.3, 0.4) is 0 Å². The molecule has 1 saturated heterocycles. The lowest BCUT2D eigenvalue weighted by molar-refractivity contribution is -0.133. The van der Waals surface area contributed by atoms with Crippen molar-refractivity contribution in [2.75, 3.05) is 25.9 Å². The maximum atomic E-state index is 12.6. The molecule has 6 heteroatoms. The molecule has 24 heavy (non-hydrogen) atoms. The number of amides is 1. The summed E-state index contributed by atoms with van der Waals surface area (Å²) in [6.45, 7) is 5.99. The largest absolute Gasteiger partial charge is 0.342 e. The molecular weight excluding hydrogens is 324 g/mol. The molecule has 1 aromatic carbocycles. The fraction of sp³-hybridized carbons (Fsp3) is 0.611. The van der Waals surface area contributed by atoms with E-state index in [1.807, 2.05) is 17.0 Å². The van der Waals surface area contributed by atoms with E-state index in [4.69, 9.17) is 0 Å². The predicted octanol–water partition coefficient (Wildman–Crippen LogP) is 2.28. The van der Waals surface area contributed by atoms with Crippen molar-refractivity contribution in [1.29, 1.82) is 0 Å². The zero-order valence-corrected chi connectivity index (χ0v) is 15.6. The summed E-state index contributed by atoms with van der Waals surface area (Å²) >= 11 is 0. The molecule has 0 bridgehead atoms. The van der Waals surface area contributed by atoms with Crippen LogP contribution in [0.15, 0.2) is 24.3 Å². The molecule has 1 fully saturated rings. The van der Waals surface area contributed by atoms with Gasteiger partial charge in [-0.05, 0) is 42.7 Å². The number of aryl methyl sites for hydroxylation is 1. The number of benzene rings is 1. The van der Waals surface area contributed by atoms with Gasteiger partial charge in [0.2, 0.25) is 15.9 Å². The molecule has 5 nitrogen and oxygen atoms in total. The quantitative estimate of drug-likeness (QED) is 0.854. The Morgan fingerprint density at radius 2 is 2.08 bits per heavy atom. The Hall–Kier alpha value is -1.40. The molecule has 1 aromatic rings. The highest BCUT2D eigenvalue weighted by atomic mass is 32.2. The third-order valence-electron chi connectivity index (χ3n) is 4.71. The third-order valence-corrected chi connectivity index (χ3v) is 5.40. The van der Waals surface area contributed by atoms with Crippen LogP contribution in [0.4, 0.5) is 0 Å². The Kier molecular flexibility index (Phi) is 6.40. The van der Waals surface area contributed by atoms with E-state index in [0.29, 0.717) is 19.5 Å². The Balaban J connectivity index is 1.91. The molecule has 0 radical (unpaired) electrons. The molecule has 0 saturated carbocycles. The molecule has 2 unspecified atom stereocenters. The van der Waals surface area contributed by atoms with E-state index in [0.717, 1.165) is 19.4 Å². The SMILES string of the molecule is Cc1ccccc1C(C)CC(=O)N1CCCC(CNS(C)(=O)=O)C1. The van der Waals surface area contributed by atoms with Gasteiger partial charge in [-0.3, -0.25) is 4.79 Å². The van der Waals surface area contributed by atoms with Crippen LogP contribution in [0.25, 0.3) is 0 Å². The van der Waals surface area contributed by atoms with Crippen molar-refractivity contribution in [1.82, 2.24) is 9.62 Å². The van der Waals surface area contributed by atoms with Crippen molar-refractivity contribution in [3.8, 4) is 0 Å². The second-order valence-electron chi connectivity index (χ2n) is 6.93. The van der Waals surface area contributed by atoms with Gasteiger partial charge in [0.1, 0.15) is 0 Å². The lowest BCUT2D eigenvalue weighted by Crippen LogP contribution is -2.43. The zero-order valence-electron chi connectivity index (χ0n) is 14.8. The van der Waals surface area contributed by atoms with E-state index in [2.05, 4.69) is 30.7 Å². The van der Waals surface area contributed by atoms with E-state index in [-0.39, 0.29) is 17.7 Å². The minimum absolute atomic E-state index is 0.162. The van der Waals surface area contributed by atoms with Crippen LogP contribution in [-0.4, -0.2) is 45.1 Å². The van der Waals surface area contributed by atoms with Crippen LogP contribution in [0.5, 0.6) is 0 Å². The molecule has 2 atom stereocenters. The highest BCUT2D eigenvalue weighted by Gasteiger charge is 2.25. The van der Waals surface area contributed by atoms with Crippen LogP contribution in [0, 0.1) is 12.8 Å². The Labute approximate surface area is 145 Å². The number of nitrogens with one attached hydrogen (secondary N) is 1. The molecule has 1 amide bonds. The maximum Gasteiger partial charge on any atom is 0.223 e. The summed E-state index contributed by atoms with van der Waals surface area (Å²) in [6, 6.07) is 8.18. The summed E-state index contributed by atoms with van der Waals surface area (Å²) in [4.78, 5) is 14.5. The summed E-state index contributed by atoms with van der Waals surface area (Å²) in [7, 11) is -3.17. The zero-order chi connectivity index (χ0) is 17.7. The van der Waals surface area contributed by atoms with Crippen LogP contribution >= 0.6 is 0 Å². The van der Waals surface area contributed by atoms with Gasteiger partial charge in [-0.1, -0.05) is 31.2 Å². The van der Waals surface area contributed by atoms with Gasteiger partial charge >= 0.3 is 0 Å². The normalized spacial score (nSPS) is 20.0. The number of hydrogen-bond donors (Lipinski definition) is 1. The number of nitrogens with zero attached hydrogens (tertiary/aromatic N) is 1. The second kappa shape index (κ2) is 8.12. The Bertz CT molecular complexity index is 673. The minimum atomic E-state index is -3.17. The molecule has 1 N–H and O–H groups in total. The van der Waals surface area contributed by atoms with Gasteiger partial charge in [0, 0.05) is 26.1 Å². The number of carbonyl (C=O) groups is 1. The van der Waals surface area contributed by atoms with Gasteiger partial charge in [-0.15, -0.1) is 0 Å². The second-order valence-corrected chi connectivity index (χ2v) is 8.76. The van der Waals surface area contributed by atoms with Crippen LogP contribution < -0.4 is 4.72 Å². The summed E-state index contributed by atoms with van der Waals surface area (Å²) in [5.74, 6) is 0.550. The highest BCUT2D eigenvalue weighted by molar-refractivity contribution is 7.88. The number of piperidine rings is 1. The van der Waals surface area contributed by atoms with Gasteiger partial charge in [0.25, 0.3) is 0 Å². The topological polar surface area (TPSA) is 66.5 Å².